The van der Waals surface area contributed by atoms with Gasteiger partial charge < -0.3 is 14.6 Å². The first-order valence-corrected chi connectivity index (χ1v) is 10.5. The first kappa shape index (κ1) is 20.6. The molecule has 0 saturated carbocycles. The Labute approximate surface area is 170 Å². The number of carbonyl (C=O) groups is 1. The number of amides is 1. The smallest absolute Gasteiger partial charge is 0.234 e. The number of rotatable bonds is 9. The number of nitrogens with one attached hydrogen (secondary N) is 1. The molecule has 1 aliphatic heterocycles. The molecule has 1 N–H and O–H groups in total. The summed E-state index contributed by atoms with van der Waals surface area (Å²) in [7, 11) is 0. The van der Waals surface area contributed by atoms with E-state index in [1.54, 1.807) is 0 Å². The highest BCUT2D eigenvalue weighted by Crippen LogP contribution is 2.19. The Morgan fingerprint density at radius 2 is 2.04 bits per heavy atom. The third-order valence-electron chi connectivity index (χ3n) is 4.55. The van der Waals surface area contributed by atoms with Crippen LogP contribution in [0.15, 0.2) is 42.1 Å². The second-order valence-corrected chi connectivity index (χ2v) is 7.52. The van der Waals surface area contributed by atoms with Gasteiger partial charge in [-0.05, 0) is 24.1 Å². The van der Waals surface area contributed by atoms with Crippen LogP contribution in [0, 0.1) is 0 Å². The molecule has 1 aromatic carbocycles. The van der Waals surface area contributed by atoms with E-state index in [0.717, 1.165) is 55.9 Å². The maximum absolute atomic E-state index is 12.3. The number of aryl methyl sites for hydroxylation is 1. The van der Waals surface area contributed by atoms with Crippen molar-refractivity contribution in [3.8, 4) is 0 Å². The van der Waals surface area contributed by atoms with Crippen molar-refractivity contribution in [2.24, 2.45) is 0 Å². The fourth-order valence-corrected chi connectivity index (χ4v) is 3.73. The lowest BCUT2D eigenvalue weighted by Crippen LogP contribution is -2.36. The Morgan fingerprint density at radius 3 is 2.71 bits per heavy atom. The molecule has 0 unspecified atom stereocenters. The van der Waals surface area contributed by atoms with Gasteiger partial charge in [-0.1, -0.05) is 36.9 Å². The minimum Gasteiger partial charge on any atom is -0.379 e. The molecule has 28 heavy (non-hydrogen) atoms. The quantitative estimate of drug-likeness (QED) is 0.514. The van der Waals surface area contributed by atoms with E-state index in [0.29, 0.717) is 6.54 Å². The van der Waals surface area contributed by atoms with Gasteiger partial charge in [0.1, 0.15) is 5.82 Å². The molecular formula is C20H27N5O2S. The summed E-state index contributed by atoms with van der Waals surface area (Å²) in [5.74, 6) is 1.11. The van der Waals surface area contributed by atoms with E-state index in [-0.39, 0.29) is 11.7 Å². The van der Waals surface area contributed by atoms with E-state index in [9.17, 15) is 4.79 Å². The number of anilines is 1. The number of hydrogen-bond acceptors (Lipinski definition) is 6. The van der Waals surface area contributed by atoms with Crippen LogP contribution in [0.5, 0.6) is 0 Å². The van der Waals surface area contributed by atoms with Gasteiger partial charge in [0.25, 0.3) is 0 Å². The van der Waals surface area contributed by atoms with Crippen LogP contribution < -0.4 is 5.32 Å². The molecule has 3 rings (SSSR count). The zero-order valence-electron chi connectivity index (χ0n) is 16.3. The van der Waals surface area contributed by atoms with Crippen LogP contribution >= 0.6 is 11.8 Å². The minimum absolute atomic E-state index is 0.0582. The topological polar surface area (TPSA) is 72.3 Å². The van der Waals surface area contributed by atoms with Gasteiger partial charge >= 0.3 is 0 Å². The predicted molar refractivity (Wildman–Crippen MR) is 111 cm³/mol. The summed E-state index contributed by atoms with van der Waals surface area (Å²) in [5, 5.41) is 12.3. The highest BCUT2D eigenvalue weighted by Gasteiger charge is 2.18. The van der Waals surface area contributed by atoms with Crippen LogP contribution in [0.25, 0.3) is 0 Å². The summed E-state index contributed by atoms with van der Waals surface area (Å²) in [4.78, 5) is 14.6. The monoisotopic (exact) mass is 401 g/mol. The van der Waals surface area contributed by atoms with Crippen molar-refractivity contribution in [3.63, 3.8) is 0 Å². The van der Waals surface area contributed by atoms with Gasteiger partial charge in [-0.3, -0.25) is 9.69 Å². The molecule has 150 valence electrons. The SMILES string of the molecule is C=CCn1c(CN2CCOCC2)nnc1SCC(=O)Nc1ccc(CC)cc1. The van der Waals surface area contributed by atoms with Gasteiger partial charge in [-0.25, -0.2) is 0 Å². The lowest BCUT2D eigenvalue weighted by Gasteiger charge is -2.26. The van der Waals surface area contributed by atoms with Crippen LogP contribution in [-0.2, 0) is 29.0 Å². The largest absolute Gasteiger partial charge is 0.379 e. The lowest BCUT2D eigenvalue weighted by molar-refractivity contribution is -0.113. The Bertz CT molecular complexity index is 784. The molecule has 1 aromatic heterocycles. The molecule has 1 fully saturated rings. The van der Waals surface area contributed by atoms with Crippen LogP contribution in [0.1, 0.15) is 18.3 Å². The number of benzene rings is 1. The van der Waals surface area contributed by atoms with E-state index in [1.807, 2.05) is 34.9 Å². The van der Waals surface area contributed by atoms with Crippen LogP contribution in [0.3, 0.4) is 0 Å². The van der Waals surface area contributed by atoms with Gasteiger partial charge in [-0.15, -0.1) is 16.8 Å². The van der Waals surface area contributed by atoms with Crippen LogP contribution in [0.2, 0.25) is 0 Å². The fourth-order valence-electron chi connectivity index (χ4n) is 2.97. The molecule has 1 aliphatic rings. The first-order chi connectivity index (χ1) is 13.7. The van der Waals surface area contributed by atoms with Gasteiger partial charge in [0.2, 0.25) is 5.91 Å². The second-order valence-electron chi connectivity index (χ2n) is 6.57. The highest BCUT2D eigenvalue weighted by atomic mass is 32.2. The maximum atomic E-state index is 12.3. The fraction of sp³-hybridized carbons (Fsp3) is 0.450. The zero-order valence-corrected chi connectivity index (χ0v) is 17.1. The standard InChI is InChI=1S/C20H27N5O2S/c1-3-9-25-18(14-24-10-12-27-13-11-24)22-23-20(25)28-15-19(26)21-17-7-5-16(4-2)6-8-17/h3,5-8H,1,4,9-15H2,2H3,(H,21,26). The normalized spacial score (nSPS) is 14.8. The summed E-state index contributed by atoms with van der Waals surface area (Å²) < 4.78 is 7.42. The number of ether oxygens (including phenoxy) is 1. The summed E-state index contributed by atoms with van der Waals surface area (Å²) in [6.45, 7) is 10.6. The highest BCUT2D eigenvalue weighted by molar-refractivity contribution is 7.99. The molecule has 0 aliphatic carbocycles. The van der Waals surface area contributed by atoms with Gasteiger partial charge in [0.05, 0.1) is 25.5 Å². The number of morpholine rings is 1. The van der Waals surface area contributed by atoms with Crippen LogP contribution in [0.4, 0.5) is 5.69 Å². The Balaban J connectivity index is 1.57. The van der Waals surface area contributed by atoms with Gasteiger partial charge in [0.15, 0.2) is 5.16 Å². The van der Waals surface area contributed by atoms with Crippen molar-refractivity contribution in [2.45, 2.75) is 31.6 Å². The Morgan fingerprint density at radius 1 is 1.29 bits per heavy atom. The van der Waals surface area contributed by atoms with Crippen molar-refractivity contribution in [1.29, 1.82) is 0 Å². The van der Waals surface area contributed by atoms with Crippen molar-refractivity contribution in [2.75, 3.05) is 37.4 Å². The predicted octanol–water partition coefficient (Wildman–Crippen LogP) is 2.59. The number of hydrogen-bond donors (Lipinski definition) is 1. The summed E-state index contributed by atoms with van der Waals surface area (Å²) in [6.07, 6.45) is 2.81. The van der Waals surface area contributed by atoms with E-state index >= 15 is 0 Å². The molecule has 1 amide bonds. The number of aromatic nitrogens is 3. The molecule has 0 spiro atoms. The third kappa shape index (κ3) is 5.67. The Kier molecular flexibility index (Phi) is 7.64. The molecule has 2 aromatic rings. The van der Waals surface area contributed by atoms with Crippen LogP contribution in [-0.4, -0.2) is 57.6 Å². The molecule has 0 bridgehead atoms. The molecular weight excluding hydrogens is 374 g/mol. The molecule has 1 saturated heterocycles. The minimum atomic E-state index is -0.0582. The summed E-state index contributed by atoms with van der Waals surface area (Å²) in [6, 6.07) is 7.92. The Hall–Kier alpha value is -2.16. The second kappa shape index (κ2) is 10.4. The van der Waals surface area contributed by atoms with Gasteiger partial charge in [0, 0.05) is 25.3 Å². The third-order valence-corrected chi connectivity index (χ3v) is 5.52. The van der Waals surface area contributed by atoms with Gasteiger partial charge in [-0.2, -0.15) is 0 Å². The molecule has 0 atom stereocenters. The van der Waals surface area contributed by atoms with E-state index in [2.05, 4.69) is 33.9 Å². The summed E-state index contributed by atoms with van der Waals surface area (Å²) >= 11 is 1.39. The number of allylic oxidation sites excluding steroid dienone is 1. The average Bonchev–Trinajstić information content (AvgIpc) is 3.09. The lowest BCUT2D eigenvalue weighted by atomic mass is 10.1. The number of carbonyl (C=O) groups excluding carboxylic acids is 1. The number of thioether (sulfide) groups is 1. The van der Waals surface area contributed by atoms with Crippen molar-refractivity contribution >= 4 is 23.4 Å². The molecule has 2 heterocycles. The van der Waals surface area contributed by atoms with E-state index < -0.39 is 0 Å². The van der Waals surface area contributed by atoms with Crippen molar-refractivity contribution < 1.29 is 9.53 Å². The average molecular weight is 402 g/mol. The van der Waals surface area contributed by atoms with Crippen molar-refractivity contribution in [3.05, 3.63) is 48.3 Å². The van der Waals surface area contributed by atoms with E-state index in [4.69, 9.17) is 4.74 Å². The van der Waals surface area contributed by atoms with E-state index in [1.165, 1.54) is 17.3 Å². The summed E-state index contributed by atoms with van der Waals surface area (Å²) in [5.41, 5.74) is 2.06. The molecule has 0 radical (unpaired) electrons. The van der Waals surface area contributed by atoms with Crippen molar-refractivity contribution in [1.82, 2.24) is 19.7 Å². The first-order valence-electron chi connectivity index (χ1n) is 9.54. The maximum Gasteiger partial charge on any atom is 0.234 e. The molecule has 8 heteroatoms. The number of nitrogens with zero attached hydrogens (tertiary/aromatic N) is 4. The molecule has 7 nitrogen and oxygen atoms in total. The zero-order chi connectivity index (χ0) is 19.8.